The van der Waals surface area contributed by atoms with Gasteiger partial charge in [-0.05, 0) is 50.1 Å². The monoisotopic (exact) mass is 322 g/mol. The number of hydrogen-bond acceptors (Lipinski definition) is 3. The molecule has 0 aliphatic carbocycles. The number of aromatic amines is 1. The molecule has 0 saturated carbocycles. The van der Waals surface area contributed by atoms with Gasteiger partial charge in [-0.15, -0.1) is 0 Å². The lowest BCUT2D eigenvalue weighted by Gasteiger charge is -2.07. The van der Waals surface area contributed by atoms with Crippen molar-refractivity contribution in [1.29, 1.82) is 0 Å². The fourth-order valence-corrected chi connectivity index (χ4v) is 2.95. The zero-order valence-electron chi connectivity index (χ0n) is 14.2. The number of anilines is 1. The van der Waals surface area contributed by atoms with E-state index < -0.39 is 0 Å². The highest BCUT2D eigenvalue weighted by atomic mass is 16.1. The summed E-state index contributed by atoms with van der Waals surface area (Å²) in [4.78, 5) is 19.8. The molecule has 0 aliphatic heterocycles. The third-order valence-electron chi connectivity index (χ3n) is 4.14. The average Bonchev–Trinajstić information content (AvgIpc) is 2.90. The van der Waals surface area contributed by atoms with E-state index in [4.69, 9.17) is 0 Å². The third-order valence-corrected chi connectivity index (χ3v) is 4.14. The molecule has 0 aliphatic rings. The highest BCUT2D eigenvalue weighted by Gasteiger charge is 2.15. The number of rotatable bonds is 5. The summed E-state index contributed by atoms with van der Waals surface area (Å²) in [5, 5.41) is 7.29. The lowest BCUT2D eigenvalue weighted by Crippen LogP contribution is -2.29. The van der Waals surface area contributed by atoms with Crippen molar-refractivity contribution in [2.45, 2.75) is 20.8 Å². The minimum atomic E-state index is -0.0752. The Morgan fingerprint density at radius 1 is 1.21 bits per heavy atom. The van der Waals surface area contributed by atoms with Crippen molar-refractivity contribution in [1.82, 2.24) is 15.3 Å². The number of benzene rings is 1. The molecule has 0 spiro atoms. The molecule has 5 nitrogen and oxygen atoms in total. The molecule has 0 unspecified atom stereocenters. The van der Waals surface area contributed by atoms with Crippen molar-refractivity contribution >= 4 is 22.5 Å². The number of carbonyl (C=O) groups excluding carboxylic acids is 1. The van der Waals surface area contributed by atoms with E-state index in [2.05, 4.69) is 46.6 Å². The number of carbonyl (C=O) groups is 1. The maximum Gasteiger partial charge on any atom is 0.268 e. The molecule has 2 aromatic heterocycles. The van der Waals surface area contributed by atoms with Crippen LogP contribution in [0, 0.1) is 20.8 Å². The zero-order valence-corrected chi connectivity index (χ0v) is 14.2. The van der Waals surface area contributed by atoms with Crippen LogP contribution in [-0.2, 0) is 0 Å². The summed E-state index contributed by atoms with van der Waals surface area (Å²) >= 11 is 0. The van der Waals surface area contributed by atoms with Gasteiger partial charge in [0.25, 0.3) is 5.91 Å². The summed E-state index contributed by atoms with van der Waals surface area (Å²) < 4.78 is 0. The Labute approximate surface area is 141 Å². The first-order valence-corrected chi connectivity index (χ1v) is 8.08. The summed E-state index contributed by atoms with van der Waals surface area (Å²) in [7, 11) is 0. The lowest BCUT2D eigenvalue weighted by molar-refractivity contribution is 0.0950. The first kappa shape index (κ1) is 16.1. The van der Waals surface area contributed by atoms with Crippen LogP contribution in [0.5, 0.6) is 0 Å². The van der Waals surface area contributed by atoms with Gasteiger partial charge in [-0.3, -0.25) is 9.78 Å². The van der Waals surface area contributed by atoms with Gasteiger partial charge in [-0.2, -0.15) is 0 Å². The number of nitrogens with one attached hydrogen (secondary N) is 3. The molecule has 3 N–H and O–H groups in total. The minimum Gasteiger partial charge on any atom is -0.382 e. The van der Waals surface area contributed by atoms with Gasteiger partial charge in [0.1, 0.15) is 5.69 Å². The molecular weight excluding hydrogens is 300 g/mol. The van der Waals surface area contributed by atoms with E-state index in [-0.39, 0.29) is 5.91 Å². The summed E-state index contributed by atoms with van der Waals surface area (Å²) in [5.41, 5.74) is 5.98. The average molecular weight is 322 g/mol. The van der Waals surface area contributed by atoms with Crippen LogP contribution in [0.15, 0.2) is 36.7 Å². The molecule has 1 aromatic carbocycles. The van der Waals surface area contributed by atoms with Gasteiger partial charge >= 0.3 is 0 Å². The third kappa shape index (κ3) is 3.25. The van der Waals surface area contributed by atoms with E-state index in [1.165, 1.54) is 5.56 Å². The van der Waals surface area contributed by atoms with Gasteiger partial charge in [-0.25, -0.2) is 0 Å². The molecule has 0 fully saturated rings. The number of H-pyrrole nitrogens is 1. The number of amides is 1. The molecular formula is C19H22N4O. The summed E-state index contributed by atoms with van der Waals surface area (Å²) in [6.45, 7) is 7.31. The van der Waals surface area contributed by atoms with Crippen LogP contribution in [-0.4, -0.2) is 29.0 Å². The van der Waals surface area contributed by atoms with Crippen molar-refractivity contribution < 1.29 is 4.79 Å². The molecule has 0 bridgehead atoms. The van der Waals surface area contributed by atoms with Crippen molar-refractivity contribution in [2.75, 3.05) is 18.4 Å². The summed E-state index contributed by atoms with van der Waals surface area (Å²) in [5.74, 6) is -0.0752. The van der Waals surface area contributed by atoms with Gasteiger partial charge in [0, 0.05) is 36.4 Å². The van der Waals surface area contributed by atoms with Crippen LogP contribution in [0.4, 0.5) is 5.69 Å². The Morgan fingerprint density at radius 3 is 2.79 bits per heavy atom. The van der Waals surface area contributed by atoms with Gasteiger partial charge in [0.2, 0.25) is 0 Å². The Bertz CT molecular complexity index is 868. The second-order valence-corrected chi connectivity index (χ2v) is 6.05. The second-order valence-electron chi connectivity index (χ2n) is 6.05. The zero-order chi connectivity index (χ0) is 17.1. The first-order valence-electron chi connectivity index (χ1n) is 8.08. The van der Waals surface area contributed by atoms with Crippen molar-refractivity contribution in [2.24, 2.45) is 0 Å². The van der Waals surface area contributed by atoms with Gasteiger partial charge in [0.15, 0.2) is 0 Å². The smallest absolute Gasteiger partial charge is 0.268 e. The SMILES string of the molecule is Cc1cc(C)c2[nH]c(C(=O)NCCNc3cccnc3)c(C)c2c1. The van der Waals surface area contributed by atoms with Crippen LogP contribution in [0.25, 0.3) is 10.9 Å². The molecule has 3 rings (SSSR count). The molecule has 124 valence electrons. The molecule has 0 atom stereocenters. The predicted octanol–water partition coefficient (Wildman–Crippen LogP) is 3.33. The van der Waals surface area contributed by atoms with Gasteiger partial charge in [-0.1, -0.05) is 11.6 Å². The van der Waals surface area contributed by atoms with E-state index in [1.54, 1.807) is 12.4 Å². The fraction of sp³-hybridized carbons (Fsp3) is 0.263. The molecule has 3 aromatic rings. The Kier molecular flexibility index (Phi) is 4.51. The van der Waals surface area contributed by atoms with Crippen LogP contribution in [0.3, 0.4) is 0 Å². The first-order chi connectivity index (χ1) is 11.6. The molecule has 24 heavy (non-hydrogen) atoms. The highest BCUT2D eigenvalue weighted by molar-refractivity contribution is 6.01. The van der Waals surface area contributed by atoms with Crippen molar-refractivity contribution in [3.63, 3.8) is 0 Å². The quantitative estimate of drug-likeness (QED) is 0.631. The molecule has 0 radical (unpaired) electrons. The van der Waals surface area contributed by atoms with E-state index >= 15 is 0 Å². The number of aromatic nitrogens is 2. The van der Waals surface area contributed by atoms with Crippen molar-refractivity contribution in [3.8, 4) is 0 Å². The van der Waals surface area contributed by atoms with E-state index in [0.717, 1.165) is 27.7 Å². The topological polar surface area (TPSA) is 69.8 Å². The number of nitrogens with zero attached hydrogens (tertiary/aromatic N) is 1. The standard InChI is InChI=1S/C19H22N4O/c1-12-9-13(2)17-16(10-12)14(3)18(23-17)19(24)22-8-7-21-15-5-4-6-20-11-15/h4-6,9-11,21,23H,7-8H2,1-3H3,(H,22,24). The Hall–Kier alpha value is -2.82. The number of aryl methyl sites for hydroxylation is 3. The van der Waals surface area contributed by atoms with Gasteiger partial charge in [0.05, 0.1) is 5.69 Å². The number of fused-ring (bicyclic) bond motifs is 1. The largest absolute Gasteiger partial charge is 0.382 e. The summed E-state index contributed by atoms with van der Waals surface area (Å²) in [6.07, 6.45) is 3.49. The van der Waals surface area contributed by atoms with Crippen LogP contribution < -0.4 is 10.6 Å². The Balaban J connectivity index is 1.66. The van der Waals surface area contributed by atoms with Gasteiger partial charge < -0.3 is 15.6 Å². The van der Waals surface area contributed by atoms with E-state index in [0.29, 0.717) is 18.8 Å². The number of hydrogen-bond donors (Lipinski definition) is 3. The highest BCUT2D eigenvalue weighted by Crippen LogP contribution is 2.25. The van der Waals surface area contributed by atoms with Crippen LogP contribution >= 0.6 is 0 Å². The molecule has 0 saturated heterocycles. The molecule has 1 amide bonds. The van der Waals surface area contributed by atoms with Crippen LogP contribution in [0.1, 0.15) is 27.2 Å². The van der Waals surface area contributed by atoms with Crippen LogP contribution in [0.2, 0.25) is 0 Å². The predicted molar refractivity (Wildman–Crippen MR) is 97.6 cm³/mol. The fourth-order valence-electron chi connectivity index (χ4n) is 2.95. The normalized spacial score (nSPS) is 10.8. The van der Waals surface area contributed by atoms with E-state index in [9.17, 15) is 4.79 Å². The lowest BCUT2D eigenvalue weighted by atomic mass is 10.1. The maximum absolute atomic E-state index is 12.5. The minimum absolute atomic E-state index is 0.0752. The second kappa shape index (κ2) is 6.74. The number of pyridine rings is 1. The maximum atomic E-state index is 12.5. The van der Waals surface area contributed by atoms with Crippen molar-refractivity contribution in [3.05, 3.63) is 59.0 Å². The van der Waals surface area contributed by atoms with E-state index in [1.807, 2.05) is 19.1 Å². The molecule has 2 heterocycles. The molecule has 5 heteroatoms. The Morgan fingerprint density at radius 2 is 2.04 bits per heavy atom. The summed E-state index contributed by atoms with van der Waals surface area (Å²) in [6, 6.07) is 8.06.